The summed E-state index contributed by atoms with van der Waals surface area (Å²) in [5.41, 5.74) is 0.215. The minimum absolute atomic E-state index is 0.0325. The van der Waals surface area contributed by atoms with Gasteiger partial charge >= 0.3 is 5.97 Å². The van der Waals surface area contributed by atoms with E-state index in [-0.39, 0.29) is 22.7 Å². The van der Waals surface area contributed by atoms with Crippen LogP contribution in [0.5, 0.6) is 5.75 Å². The predicted octanol–water partition coefficient (Wildman–Crippen LogP) is 2.99. The lowest BCUT2D eigenvalue weighted by molar-refractivity contribution is 0.0319. The number of ether oxygens (including phenoxy) is 2. The zero-order chi connectivity index (χ0) is 18.0. The molecule has 7 heteroatoms. The first kappa shape index (κ1) is 16.6. The Kier molecular flexibility index (Phi) is 4.47. The molecular weight excluding hydrogens is 327 g/mol. The smallest absolute Gasteiger partial charge is 0.338 e. The summed E-state index contributed by atoms with van der Waals surface area (Å²) in [6, 6.07) is 10.6. The molecule has 3 aromatic rings. The van der Waals surface area contributed by atoms with Crippen LogP contribution in [0.25, 0.3) is 10.9 Å². The van der Waals surface area contributed by atoms with Crippen molar-refractivity contribution in [2.24, 2.45) is 0 Å². The molecule has 0 fully saturated rings. The molecule has 3 rings (SSSR count). The minimum atomic E-state index is -0.810. The Hall–Kier alpha value is -3.22. The summed E-state index contributed by atoms with van der Waals surface area (Å²) in [7, 11) is 1.33. The summed E-state index contributed by atoms with van der Waals surface area (Å²) < 4.78 is 23.8. The number of methoxy groups -OCH3 is 1. The van der Waals surface area contributed by atoms with Crippen molar-refractivity contribution >= 4 is 16.9 Å². The lowest BCUT2D eigenvalue weighted by atomic mass is 10.2. The topological polar surface area (TPSA) is 81.3 Å². The number of esters is 1. The van der Waals surface area contributed by atoms with Gasteiger partial charge in [-0.3, -0.25) is 4.79 Å². The Morgan fingerprint density at radius 2 is 2.00 bits per heavy atom. The predicted molar refractivity (Wildman–Crippen MR) is 89.1 cm³/mol. The molecule has 0 saturated carbocycles. The van der Waals surface area contributed by atoms with Gasteiger partial charge in [0.05, 0.1) is 23.6 Å². The van der Waals surface area contributed by atoms with Crippen molar-refractivity contribution in [2.45, 2.75) is 13.0 Å². The van der Waals surface area contributed by atoms with Crippen molar-refractivity contribution in [1.82, 2.24) is 9.97 Å². The molecule has 6 nitrogen and oxygen atoms in total. The number of aromatic amines is 1. The van der Waals surface area contributed by atoms with E-state index in [1.54, 1.807) is 31.2 Å². The summed E-state index contributed by atoms with van der Waals surface area (Å²) >= 11 is 0. The third kappa shape index (κ3) is 3.35. The molecule has 0 amide bonds. The number of nitrogens with one attached hydrogen (secondary N) is 1. The highest BCUT2D eigenvalue weighted by Crippen LogP contribution is 2.21. The highest BCUT2D eigenvalue weighted by atomic mass is 19.1. The Labute approximate surface area is 142 Å². The number of carbonyl (C=O) groups excluding carboxylic acids is 1. The van der Waals surface area contributed by atoms with Gasteiger partial charge in [-0.2, -0.15) is 0 Å². The molecule has 0 radical (unpaired) electrons. The van der Waals surface area contributed by atoms with E-state index in [0.717, 1.165) is 6.07 Å². The first-order valence-corrected chi connectivity index (χ1v) is 7.53. The molecule has 0 aliphatic heterocycles. The fraction of sp³-hybridized carbons (Fsp3) is 0.167. The van der Waals surface area contributed by atoms with Crippen LogP contribution in [0.4, 0.5) is 4.39 Å². The standard InChI is InChI=1S/C18H15FN2O4/c1-10(16-20-14-6-4-3-5-12(14)17(22)21-16)25-18(23)11-7-8-15(24-2)13(19)9-11/h3-10H,1-2H3,(H,20,21,22)/t10-/m1/s1. The van der Waals surface area contributed by atoms with Crippen molar-refractivity contribution < 1.29 is 18.7 Å². The van der Waals surface area contributed by atoms with E-state index in [1.807, 2.05) is 0 Å². The Bertz CT molecular complexity index is 1000. The molecule has 1 aromatic heterocycles. The van der Waals surface area contributed by atoms with Crippen LogP contribution < -0.4 is 10.3 Å². The normalized spacial score (nSPS) is 12.0. The molecule has 0 aliphatic rings. The van der Waals surface area contributed by atoms with Crippen LogP contribution in [-0.4, -0.2) is 23.0 Å². The fourth-order valence-corrected chi connectivity index (χ4v) is 2.37. The van der Waals surface area contributed by atoms with E-state index in [0.29, 0.717) is 10.9 Å². The van der Waals surface area contributed by atoms with Gasteiger partial charge in [0, 0.05) is 0 Å². The van der Waals surface area contributed by atoms with Gasteiger partial charge < -0.3 is 14.5 Å². The second-order valence-corrected chi connectivity index (χ2v) is 5.37. The third-order valence-corrected chi connectivity index (χ3v) is 3.69. The van der Waals surface area contributed by atoms with E-state index in [9.17, 15) is 14.0 Å². The van der Waals surface area contributed by atoms with Gasteiger partial charge in [-0.25, -0.2) is 14.2 Å². The van der Waals surface area contributed by atoms with Gasteiger partial charge in [-0.1, -0.05) is 12.1 Å². The van der Waals surface area contributed by atoms with Gasteiger partial charge in [0.2, 0.25) is 0 Å². The lowest BCUT2D eigenvalue weighted by Crippen LogP contribution is -2.17. The molecular formula is C18H15FN2O4. The third-order valence-electron chi connectivity index (χ3n) is 3.69. The minimum Gasteiger partial charge on any atom is -0.494 e. The highest BCUT2D eigenvalue weighted by Gasteiger charge is 2.18. The first-order valence-electron chi connectivity index (χ1n) is 7.53. The number of carbonyl (C=O) groups is 1. The SMILES string of the molecule is COc1ccc(C(=O)O[C@H](C)c2nc3ccccc3c(=O)[nH]2)cc1F. The number of hydrogen-bond acceptors (Lipinski definition) is 5. The zero-order valence-corrected chi connectivity index (χ0v) is 13.6. The summed E-state index contributed by atoms with van der Waals surface area (Å²) in [5, 5.41) is 0.446. The Balaban J connectivity index is 1.84. The van der Waals surface area contributed by atoms with Crippen molar-refractivity contribution in [3.63, 3.8) is 0 Å². The van der Waals surface area contributed by atoms with Crippen molar-refractivity contribution in [3.05, 3.63) is 70.0 Å². The lowest BCUT2D eigenvalue weighted by Gasteiger charge is -2.13. The number of halogens is 1. The van der Waals surface area contributed by atoms with E-state index >= 15 is 0 Å². The Morgan fingerprint density at radius 1 is 1.24 bits per heavy atom. The van der Waals surface area contributed by atoms with Gasteiger partial charge in [-0.15, -0.1) is 0 Å². The number of fused-ring (bicyclic) bond motifs is 1. The number of H-pyrrole nitrogens is 1. The maximum Gasteiger partial charge on any atom is 0.338 e. The van der Waals surface area contributed by atoms with E-state index in [4.69, 9.17) is 9.47 Å². The van der Waals surface area contributed by atoms with Crippen LogP contribution in [0.15, 0.2) is 47.3 Å². The zero-order valence-electron chi connectivity index (χ0n) is 13.6. The van der Waals surface area contributed by atoms with Gasteiger partial charge in [0.25, 0.3) is 5.56 Å². The van der Waals surface area contributed by atoms with Gasteiger partial charge in [0.1, 0.15) is 0 Å². The van der Waals surface area contributed by atoms with Crippen LogP contribution in [0.1, 0.15) is 29.2 Å². The molecule has 0 spiro atoms. The molecule has 0 unspecified atom stereocenters. The molecule has 0 bridgehead atoms. The molecule has 25 heavy (non-hydrogen) atoms. The van der Waals surface area contributed by atoms with E-state index < -0.39 is 17.9 Å². The number of nitrogens with zero attached hydrogens (tertiary/aromatic N) is 1. The molecule has 128 valence electrons. The number of hydrogen-bond donors (Lipinski definition) is 1. The van der Waals surface area contributed by atoms with Crippen molar-refractivity contribution in [3.8, 4) is 5.75 Å². The number of aromatic nitrogens is 2. The Morgan fingerprint density at radius 3 is 2.72 bits per heavy atom. The fourth-order valence-electron chi connectivity index (χ4n) is 2.37. The van der Waals surface area contributed by atoms with Crippen LogP contribution >= 0.6 is 0 Å². The van der Waals surface area contributed by atoms with Crippen LogP contribution in [0, 0.1) is 5.82 Å². The molecule has 0 aliphatic carbocycles. The van der Waals surface area contributed by atoms with Crippen LogP contribution in [0.3, 0.4) is 0 Å². The quantitative estimate of drug-likeness (QED) is 0.737. The second kappa shape index (κ2) is 6.72. The maximum absolute atomic E-state index is 13.7. The van der Waals surface area contributed by atoms with E-state index in [1.165, 1.54) is 19.2 Å². The highest BCUT2D eigenvalue weighted by molar-refractivity contribution is 5.89. The van der Waals surface area contributed by atoms with Crippen molar-refractivity contribution in [2.75, 3.05) is 7.11 Å². The molecule has 0 saturated heterocycles. The average Bonchev–Trinajstić information content (AvgIpc) is 2.61. The number of benzene rings is 2. The first-order chi connectivity index (χ1) is 12.0. The summed E-state index contributed by atoms with van der Waals surface area (Å²) in [5.74, 6) is -1.15. The average molecular weight is 342 g/mol. The van der Waals surface area contributed by atoms with E-state index in [2.05, 4.69) is 9.97 Å². The molecule has 2 aromatic carbocycles. The number of rotatable bonds is 4. The van der Waals surface area contributed by atoms with Gasteiger partial charge in [0.15, 0.2) is 23.5 Å². The van der Waals surface area contributed by atoms with Crippen LogP contribution in [-0.2, 0) is 4.74 Å². The summed E-state index contributed by atoms with van der Waals surface area (Å²) in [4.78, 5) is 31.2. The monoisotopic (exact) mass is 342 g/mol. The van der Waals surface area contributed by atoms with Crippen molar-refractivity contribution in [1.29, 1.82) is 0 Å². The molecule has 1 heterocycles. The maximum atomic E-state index is 13.7. The largest absolute Gasteiger partial charge is 0.494 e. The van der Waals surface area contributed by atoms with Gasteiger partial charge in [-0.05, 0) is 37.3 Å². The summed E-state index contributed by atoms with van der Waals surface area (Å²) in [6.45, 7) is 1.57. The summed E-state index contributed by atoms with van der Waals surface area (Å²) in [6.07, 6.45) is -0.810. The second-order valence-electron chi connectivity index (χ2n) is 5.37. The molecule has 1 N–H and O–H groups in total. The number of para-hydroxylation sites is 1. The van der Waals surface area contributed by atoms with Crippen LogP contribution in [0.2, 0.25) is 0 Å². The molecule has 1 atom stereocenters.